The number of nitrogens with one attached hydrogen (secondary N) is 1. The summed E-state index contributed by atoms with van der Waals surface area (Å²) >= 11 is 0. The van der Waals surface area contributed by atoms with Gasteiger partial charge >= 0.3 is 0 Å². The number of carbonyl (C=O) groups excluding carboxylic acids is 1. The number of nitrogens with two attached hydrogens (primary N) is 1. The molecule has 0 fully saturated rings. The molecule has 4 nitrogen and oxygen atoms in total. The summed E-state index contributed by atoms with van der Waals surface area (Å²) in [7, 11) is 0. The van der Waals surface area contributed by atoms with Gasteiger partial charge in [-0.3, -0.25) is 4.79 Å². The summed E-state index contributed by atoms with van der Waals surface area (Å²) in [5, 5.41) is 1.18. The van der Waals surface area contributed by atoms with Gasteiger partial charge in [0, 0.05) is 36.2 Å². The number of amides is 1. The van der Waals surface area contributed by atoms with Gasteiger partial charge in [-0.05, 0) is 38.3 Å². The van der Waals surface area contributed by atoms with Crippen molar-refractivity contribution in [3.63, 3.8) is 0 Å². The smallest absolute Gasteiger partial charge is 0.227 e. The summed E-state index contributed by atoms with van der Waals surface area (Å²) in [6.07, 6.45) is 3.30. The summed E-state index contributed by atoms with van der Waals surface area (Å²) in [5.41, 5.74) is 9.23. The largest absolute Gasteiger partial charge is 0.361 e. The summed E-state index contributed by atoms with van der Waals surface area (Å²) in [6.45, 7) is 7.54. The van der Waals surface area contributed by atoms with Crippen LogP contribution in [0.3, 0.4) is 0 Å². The van der Waals surface area contributed by atoms with Crippen LogP contribution in [0.1, 0.15) is 31.9 Å². The van der Waals surface area contributed by atoms with E-state index in [1.807, 2.05) is 44.0 Å². The lowest BCUT2D eigenvalue weighted by atomic mass is 10.0. The summed E-state index contributed by atoms with van der Waals surface area (Å²) < 4.78 is 0. The second-order valence-corrected chi connectivity index (χ2v) is 5.58. The highest BCUT2D eigenvalue weighted by Crippen LogP contribution is 2.23. The molecule has 0 bridgehead atoms. The van der Waals surface area contributed by atoms with Crippen molar-refractivity contribution in [1.29, 1.82) is 0 Å². The van der Waals surface area contributed by atoms with Gasteiger partial charge in [0.05, 0.1) is 6.42 Å². The van der Waals surface area contributed by atoms with Crippen LogP contribution in [0.2, 0.25) is 0 Å². The van der Waals surface area contributed by atoms with Crippen LogP contribution in [-0.4, -0.2) is 34.9 Å². The van der Waals surface area contributed by atoms with Crippen LogP contribution in [0, 0.1) is 0 Å². The molecular weight excluding hydrogens is 262 g/mol. The van der Waals surface area contributed by atoms with E-state index in [1.54, 1.807) is 0 Å². The Balaban J connectivity index is 2.29. The number of aromatic amines is 1. The SMILES string of the molecule is CCN(CC)C(=O)Cc1cccc2c(CC(C)N)c[nH]c12. The molecule has 21 heavy (non-hydrogen) atoms. The Morgan fingerprint density at radius 1 is 1.29 bits per heavy atom. The minimum atomic E-state index is 0.130. The summed E-state index contributed by atoms with van der Waals surface area (Å²) in [5.74, 6) is 0.177. The highest BCUT2D eigenvalue weighted by Gasteiger charge is 2.14. The van der Waals surface area contributed by atoms with Gasteiger partial charge < -0.3 is 15.6 Å². The topological polar surface area (TPSA) is 62.1 Å². The van der Waals surface area contributed by atoms with Gasteiger partial charge in [-0.1, -0.05) is 18.2 Å². The number of fused-ring (bicyclic) bond motifs is 1. The maximum atomic E-state index is 12.3. The summed E-state index contributed by atoms with van der Waals surface area (Å²) in [6, 6.07) is 6.27. The van der Waals surface area contributed by atoms with Gasteiger partial charge in [-0.15, -0.1) is 0 Å². The zero-order valence-electron chi connectivity index (χ0n) is 13.1. The van der Waals surface area contributed by atoms with Crippen LogP contribution >= 0.6 is 0 Å². The van der Waals surface area contributed by atoms with Gasteiger partial charge in [-0.2, -0.15) is 0 Å². The van der Waals surface area contributed by atoms with E-state index in [1.165, 1.54) is 10.9 Å². The number of rotatable bonds is 6. The minimum absolute atomic E-state index is 0.130. The molecule has 1 atom stereocenters. The molecular formula is C17H25N3O. The fourth-order valence-corrected chi connectivity index (χ4v) is 2.79. The normalized spacial score (nSPS) is 12.6. The Hall–Kier alpha value is -1.81. The third kappa shape index (κ3) is 3.45. The quantitative estimate of drug-likeness (QED) is 0.857. The predicted octanol–water partition coefficient (Wildman–Crippen LogP) is 2.47. The van der Waals surface area contributed by atoms with Gasteiger partial charge in [0.15, 0.2) is 0 Å². The lowest BCUT2D eigenvalue weighted by Crippen LogP contribution is -2.31. The molecule has 4 heteroatoms. The average molecular weight is 287 g/mol. The second kappa shape index (κ2) is 6.76. The van der Waals surface area contributed by atoms with E-state index in [-0.39, 0.29) is 11.9 Å². The van der Waals surface area contributed by atoms with Gasteiger partial charge in [0.1, 0.15) is 0 Å². The van der Waals surface area contributed by atoms with Gasteiger partial charge in [0.25, 0.3) is 0 Å². The first-order valence-electron chi connectivity index (χ1n) is 7.68. The second-order valence-electron chi connectivity index (χ2n) is 5.58. The Kier molecular flexibility index (Phi) is 5.02. The molecule has 1 aromatic heterocycles. The molecule has 2 aromatic rings. The van der Waals surface area contributed by atoms with Crippen molar-refractivity contribution >= 4 is 16.8 Å². The maximum Gasteiger partial charge on any atom is 0.227 e. The number of benzene rings is 1. The van der Waals surface area contributed by atoms with E-state index >= 15 is 0 Å². The molecule has 1 amide bonds. The Morgan fingerprint density at radius 3 is 2.62 bits per heavy atom. The standard InChI is InChI=1S/C17H25N3O/c1-4-20(5-2)16(21)10-13-7-6-8-15-14(9-12(3)18)11-19-17(13)15/h6-8,11-12,19H,4-5,9-10,18H2,1-3H3. The third-order valence-electron chi connectivity index (χ3n) is 3.89. The molecule has 1 heterocycles. The van der Waals surface area contributed by atoms with Crippen LogP contribution in [0.5, 0.6) is 0 Å². The van der Waals surface area contributed by atoms with E-state index in [0.29, 0.717) is 6.42 Å². The number of para-hydroxylation sites is 1. The number of hydrogen-bond acceptors (Lipinski definition) is 2. The fourth-order valence-electron chi connectivity index (χ4n) is 2.79. The molecule has 1 unspecified atom stereocenters. The first-order chi connectivity index (χ1) is 10.1. The van der Waals surface area contributed by atoms with Crippen LogP contribution in [0.4, 0.5) is 0 Å². The zero-order chi connectivity index (χ0) is 15.4. The van der Waals surface area contributed by atoms with Crippen molar-refractivity contribution in [2.24, 2.45) is 5.73 Å². The van der Waals surface area contributed by atoms with Crippen LogP contribution in [-0.2, 0) is 17.6 Å². The number of likely N-dealkylation sites (N-methyl/N-ethyl adjacent to an activating group) is 1. The van der Waals surface area contributed by atoms with Crippen molar-refractivity contribution in [2.45, 2.75) is 39.7 Å². The fraction of sp³-hybridized carbons (Fsp3) is 0.471. The van der Waals surface area contributed by atoms with Crippen molar-refractivity contribution in [2.75, 3.05) is 13.1 Å². The van der Waals surface area contributed by atoms with E-state index in [9.17, 15) is 4.79 Å². The van der Waals surface area contributed by atoms with Crippen LogP contribution in [0.25, 0.3) is 10.9 Å². The Labute approximate surface area is 126 Å². The monoisotopic (exact) mass is 287 g/mol. The molecule has 0 spiro atoms. The number of hydrogen-bond donors (Lipinski definition) is 2. The first kappa shape index (κ1) is 15.6. The molecule has 0 aliphatic heterocycles. The molecule has 0 radical (unpaired) electrons. The molecule has 0 saturated heterocycles. The molecule has 0 saturated carbocycles. The Morgan fingerprint density at radius 2 is 2.00 bits per heavy atom. The molecule has 0 aliphatic rings. The number of aromatic nitrogens is 1. The zero-order valence-corrected chi connectivity index (χ0v) is 13.1. The van der Waals surface area contributed by atoms with Crippen molar-refractivity contribution in [3.8, 4) is 0 Å². The summed E-state index contributed by atoms with van der Waals surface area (Å²) in [4.78, 5) is 17.5. The van der Waals surface area contributed by atoms with E-state index in [2.05, 4.69) is 11.1 Å². The molecule has 0 aliphatic carbocycles. The van der Waals surface area contributed by atoms with Crippen molar-refractivity contribution < 1.29 is 4.79 Å². The minimum Gasteiger partial charge on any atom is -0.361 e. The molecule has 114 valence electrons. The van der Waals surface area contributed by atoms with Crippen molar-refractivity contribution in [3.05, 3.63) is 35.5 Å². The van der Waals surface area contributed by atoms with Gasteiger partial charge in [-0.25, -0.2) is 0 Å². The maximum absolute atomic E-state index is 12.3. The molecule has 1 aromatic carbocycles. The van der Waals surface area contributed by atoms with Crippen LogP contribution < -0.4 is 5.73 Å². The highest BCUT2D eigenvalue weighted by atomic mass is 16.2. The molecule has 2 rings (SSSR count). The number of carbonyl (C=O) groups is 1. The van der Waals surface area contributed by atoms with Gasteiger partial charge in [0.2, 0.25) is 5.91 Å². The third-order valence-corrected chi connectivity index (χ3v) is 3.89. The van der Waals surface area contributed by atoms with E-state index in [4.69, 9.17) is 5.73 Å². The van der Waals surface area contributed by atoms with Crippen LogP contribution in [0.15, 0.2) is 24.4 Å². The van der Waals surface area contributed by atoms with Crippen molar-refractivity contribution in [1.82, 2.24) is 9.88 Å². The lowest BCUT2D eigenvalue weighted by molar-refractivity contribution is -0.130. The average Bonchev–Trinajstić information content (AvgIpc) is 2.84. The van der Waals surface area contributed by atoms with E-state index < -0.39 is 0 Å². The molecule has 3 N–H and O–H groups in total. The predicted molar refractivity (Wildman–Crippen MR) is 87.3 cm³/mol. The Bertz CT molecular complexity index is 612. The number of H-pyrrole nitrogens is 1. The van der Waals surface area contributed by atoms with E-state index in [0.717, 1.165) is 30.6 Å². The number of nitrogens with zero attached hydrogens (tertiary/aromatic N) is 1. The lowest BCUT2D eigenvalue weighted by Gasteiger charge is -2.18. The highest BCUT2D eigenvalue weighted by molar-refractivity contribution is 5.90. The first-order valence-corrected chi connectivity index (χ1v) is 7.68.